The summed E-state index contributed by atoms with van der Waals surface area (Å²) < 4.78 is 0.767. The van der Waals surface area contributed by atoms with Gasteiger partial charge in [-0.1, -0.05) is 11.6 Å². The average molecular weight is 303 g/mol. The topological polar surface area (TPSA) is 37.8 Å². The zero-order valence-corrected chi connectivity index (χ0v) is 11.2. The Morgan fingerprint density at radius 2 is 2.19 bits per heavy atom. The monoisotopic (exact) mass is 301 g/mol. The number of hydrogen-bond acceptors (Lipinski definition) is 3. The molecule has 0 saturated heterocycles. The molecule has 86 valence electrons. The predicted molar refractivity (Wildman–Crippen MR) is 67.6 cm³/mol. The highest BCUT2D eigenvalue weighted by molar-refractivity contribution is 9.10. The molecule has 1 aromatic rings. The summed E-state index contributed by atoms with van der Waals surface area (Å²) in [6.07, 6.45) is 7.04. The molecule has 5 heteroatoms. The first-order valence-corrected chi connectivity index (χ1v) is 6.78. The van der Waals surface area contributed by atoms with Crippen LogP contribution in [0.4, 0.5) is 5.82 Å². The Morgan fingerprint density at radius 3 is 2.81 bits per heavy atom. The lowest BCUT2D eigenvalue weighted by Gasteiger charge is -2.16. The normalized spacial score (nSPS) is 21.9. The maximum Gasteiger partial charge on any atom is 0.148 e. The Morgan fingerprint density at radius 1 is 1.44 bits per heavy atom. The van der Waals surface area contributed by atoms with E-state index < -0.39 is 0 Å². The molecule has 0 atom stereocenters. The van der Waals surface area contributed by atoms with Crippen molar-refractivity contribution in [2.75, 3.05) is 11.9 Å². The van der Waals surface area contributed by atoms with Crippen LogP contribution >= 0.6 is 27.5 Å². The van der Waals surface area contributed by atoms with Crippen LogP contribution in [0, 0.1) is 11.3 Å². The van der Waals surface area contributed by atoms with Crippen molar-refractivity contribution in [3.8, 4) is 0 Å². The first-order valence-electron chi connectivity index (χ1n) is 5.61. The summed E-state index contributed by atoms with van der Waals surface area (Å²) in [6.45, 7) is 1.02. The number of hydrogen-bond donors (Lipinski definition) is 1. The Kier molecular flexibility index (Phi) is 2.59. The third-order valence-electron chi connectivity index (χ3n) is 3.69. The number of halogens is 2. The van der Waals surface area contributed by atoms with Gasteiger partial charge in [-0.3, -0.25) is 0 Å². The molecule has 0 unspecified atom stereocenters. The quantitative estimate of drug-likeness (QED) is 0.865. The van der Waals surface area contributed by atoms with Gasteiger partial charge in [0.25, 0.3) is 0 Å². The van der Waals surface area contributed by atoms with Crippen molar-refractivity contribution in [3.63, 3.8) is 0 Å². The molecule has 0 bridgehead atoms. The van der Waals surface area contributed by atoms with Crippen molar-refractivity contribution in [1.29, 1.82) is 0 Å². The van der Waals surface area contributed by atoms with Crippen LogP contribution in [0.1, 0.15) is 25.7 Å². The second-order valence-corrected chi connectivity index (χ2v) is 5.97. The molecule has 2 fully saturated rings. The van der Waals surface area contributed by atoms with E-state index in [0.29, 0.717) is 10.6 Å². The number of nitrogens with one attached hydrogen (secondary N) is 1. The lowest BCUT2D eigenvalue weighted by molar-refractivity contribution is 0.466. The van der Waals surface area contributed by atoms with E-state index in [2.05, 4.69) is 31.2 Å². The van der Waals surface area contributed by atoms with Crippen molar-refractivity contribution >= 4 is 33.3 Å². The van der Waals surface area contributed by atoms with Crippen molar-refractivity contribution in [1.82, 2.24) is 9.97 Å². The van der Waals surface area contributed by atoms with Crippen molar-refractivity contribution in [2.45, 2.75) is 25.7 Å². The minimum Gasteiger partial charge on any atom is -0.368 e. The van der Waals surface area contributed by atoms with Crippen molar-refractivity contribution in [3.05, 3.63) is 16.0 Å². The molecule has 2 aliphatic carbocycles. The average Bonchev–Trinajstić information content (AvgIpc) is 3.14. The zero-order chi connectivity index (χ0) is 11.2. The third-order valence-corrected chi connectivity index (χ3v) is 4.96. The lowest BCUT2D eigenvalue weighted by atomic mass is 10.0. The molecular weight excluding hydrogens is 289 g/mol. The van der Waals surface area contributed by atoms with Crippen LogP contribution in [-0.2, 0) is 0 Å². The van der Waals surface area contributed by atoms with E-state index in [1.54, 1.807) is 0 Å². The van der Waals surface area contributed by atoms with Gasteiger partial charge < -0.3 is 5.32 Å². The summed E-state index contributed by atoms with van der Waals surface area (Å²) in [6, 6.07) is 0. The number of rotatable bonds is 4. The minimum atomic E-state index is 0.466. The van der Waals surface area contributed by atoms with E-state index >= 15 is 0 Å². The highest BCUT2D eigenvalue weighted by atomic mass is 79.9. The number of aromatic nitrogens is 2. The summed E-state index contributed by atoms with van der Waals surface area (Å²) in [5.41, 5.74) is 0.566. The van der Waals surface area contributed by atoms with E-state index in [-0.39, 0.29) is 0 Å². The second-order valence-electron chi connectivity index (χ2n) is 4.82. The van der Waals surface area contributed by atoms with Crippen LogP contribution in [0.2, 0.25) is 5.15 Å². The molecule has 16 heavy (non-hydrogen) atoms. The number of nitrogens with zero attached hydrogens (tertiary/aromatic N) is 2. The number of anilines is 1. The zero-order valence-electron chi connectivity index (χ0n) is 8.84. The minimum absolute atomic E-state index is 0.466. The molecule has 0 amide bonds. The van der Waals surface area contributed by atoms with Crippen molar-refractivity contribution < 1.29 is 0 Å². The molecule has 0 aromatic carbocycles. The molecule has 0 spiro atoms. The molecular formula is C11H13BrClN3. The van der Waals surface area contributed by atoms with Crippen LogP contribution < -0.4 is 5.32 Å². The molecule has 1 aromatic heterocycles. The highest BCUT2D eigenvalue weighted by Gasteiger charge is 2.53. The molecule has 0 radical (unpaired) electrons. The standard InChI is InChI=1S/C11H13BrClN3/c12-8-9(13)15-6-16-10(8)14-5-11(3-4-11)7-1-2-7/h6-7H,1-5H2,(H,14,15,16). The van der Waals surface area contributed by atoms with Crippen LogP contribution in [-0.4, -0.2) is 16.5 Å². The summed E-state index contributed by atoms with van der Waals surface area (Å²) >= 11 is 9.32. The largest absolute Gasteiger partial charge is 0.368 e. The van der Waals surface area contributed by atoms with Gasteiger partial charge in [0.05, 0.1) is 4.47 Å². The van der Waals surface area contributed by atoms with Gasteiger partial charge in [-0.2, -0.15) is 0 Å². The molecule has 1 N–H and O–H groups in total. The smallest absolute Gasteiger partial charge is 0.148 e. The summed E-state index contributed by atoms with van der Waals surface area (Å²) in [5, 5.41) is 3.86. The van der Waals surface area contributed by atoms with Gasteiger partial charge in [0.1, 0.15) is 17.3 Å². The first kappa shape index (κ1) is 10.8. The van der Waals surface area contributed by atoms with Gasteiger partial charge in [0.15, 0.2) is 0 Å². The SMILES string of the molecule is Clc1ncnc(NCC2(C3CC3)CC2)c1Br. The third kappa shape index (κ3) is 1.93. The fraction of sp³-hybridized carbons (Fsp3) is 0.636. The van der Waals surface area contributed by atoms with Crippen LogP contribution in [0.15, 0.2) is 10.8 Å². The fourth-order valence-electron chi connectivity index (χ4n) is 2.32. The van der Waals surface area contributed by atoms with Gasteiger partial charge in [0.2, 0.25) is 0 Å². The molecule has 0 aliphatic heterocycles. The van der Waals surface area contributed by atoms with Gasteiger partial charge in [-0.15, -0.1) is 0 Å². The highest BCUT2D eigenvalue weighted by Crippen LogP contribution is 2.61. The molecule has 1 heterocycles. The van der Waals surface area contributed by atoms with Gasteiger partial charge in [0, 0.05) is 6.54 Å². The molecule has 2 saturated carbocycles. The summed E-state index contributed by atoms with van der Waals surface area (Å²) in [7, 11) is 0. The first-order chi connectivity index (χ1) is 7.71. The molecule has 3 rings (SSSR count). The Bertz CT molecular complexity index is 416. The maximum absolute atomic E-state index is 5.92. The fourth-order valence-corrected chi connectivity index (χ4v) is 2.80. The van der Waals surface area contributed by atoms with E-state index in [9.17, 15) is 0 Å². The molecule has 3 nitrogen and oxygen atoms in total. The van der Waals surface area contributed by atoms with Gasteiger partial charge in [-0.05, 0) is 52.9 Å². The van der Waals surface area contributed by atoms with Crippen LogP contribution in [0.5, 0.6) is 0 Å². The Labute approximate surface area is 108 Å². The summed E-state index contributed by atoms with van der Waals surface area (Å²) in [5.74, 6) is 1.77. The molecule has 2 aliphatic rings. The van der Waals surface area contributed by atoms with Crippen LogP contribution in [0.25, 0.3) is 0 Å². The Balaban J connectivity index is 1.68. The van der Waals surface area contributed by atoms with Gasteiger partial charge >= 0.3 is 0 Å². The van der Waals surface area contributed by atoms with E-state index in [0.717, 1.165) is 22.8 Å². The maximum atomic E-state index is 5.92. The predicted octanol–water partition coefficient (Wildman–Crippen LogP) is 3.49. The van der Waals surface area contributed by atoms with E-state index in [1.807, 2.05) is 0 Å². The Hall–Kier alpha value is -0.350. The van der Waals surface area contributed by atoms with E-state index in [1.165, 1.54) is 32.0 Å². The lowest BCUT2D eigenvalue weighted by Crippen LogP contribution is -2.18. The van der Waals surface area contributed by atoms with Crippen molar-refractivity contribution in [2.24, 2.45) is 11.3 Å². The second kappa shape index (κ2) is 3.84. The van der Waals surface area contributed by atoms with Gasteiger partial charge in [-0.25, -0.2) is 9.97 Å². The van der Waals surface area contributed by atoms with Crippen LogP contribution in [0.3, 0.4) is 0 Å². The summed E-state index contributed by atoms with van der Waals surface area (Å²) in [4.78, 5) is 8.11. The van der Waals surface area contributed by atoms with E-state index in [4.69, 9.17) is 11.6 Å².